The molecular formula is C14H17N5O4. The number of hydrogen-bond donors (Lipinski definition) is 5. The average Bonchev–Trinajstić information content (AvgIpc) is 2.83. The first-order valence-electron chi connectivity index (χ1n) is 7.55. The van der Waals surface area contributed by atoms with Gasteiger partial charge >= 0.3 is 0 Å². The number of carbonyl (C=O) groups excluding carboxylic acids is 4. The maximum atomic E-state index is 12.1. The van der Waals surface area contributed by atoms with Gasteiger partial charge < -0.3 is 0 Å². The normalized spacial score (nSPS) is 45.7. The van der Waals surface area contributed by atoms with Crippen LogP contribution in [0.3, 0.4) is 0 Å². The van der Waals surface area contributed by atoms with E-state index in [1.54, 1.807) is 0 Å². The lowest BCUT2D eigenvalue weighted by Gasteiger charge is -2.62. The van der Waals surface area contributed by atoms with E-state index >= 15 is 0 Å². The first kappa shape index (κ1) is 14.3. The second-order valence-electron chi connectivity index (χ2n) is 6.67. The van der Waals surface area contributed by atoms with Gasteiger partial charge in [0.1, 0.15) is 0 Å². The van der Waals surface area contributed by atoms with Crippen molar-refractivity contribution < 1.29 is 19.2 Å². The zero-order valence-electron chi connectivity index (χ0n) is 12.1. The van der Waals surface area contributed by atoms with E-state index in [0.29, 0.717) is 0 Å². The highest BCUT2D eigenvalue weighted by atomic mass is 16.2. The number of nitrogens with one attached hydrogen (secondary N) is 3. The van der Waals surface area contributed by atoms with Crippen LogP contribution in [0, 0.1) is 47.3 Å². The molecule has 1 heterocycles. The molecule has 2 saturated carbocycles. The molecule has 3 fully saturated rings. The molecular weight excluding hydrogens is 302 g/mol. The third-order valence-electron chi connectivity index (χ3n) is 6.06. The molecule has 4 aliphatic carbocycles. The Labute approximate surface area is 131 Å². The highest BCUT2D eigenvalue weighted by Gasteiger charge is 2.70. The smallest absolute Gasteiger partial charge is 0.238 e. The van der Waals surface area contributed by atoms with E-state index in [-0.39, 0.29) is 35.5 Å². The fourth-order valence-electron chi connectivity index (χ4n) is 5.35. The molecule has 8 atom stereocenters. The Morgan fingerprint density at radius 2 is 1.26 bits per heavy atom. The van der Waals surface area contributed by atoms with Crippen LogP contribution in [0.2, 0.25) is 0 Å². The first-order chi connectivity index (χ1) is 11.0. The zero-order valence-corrected chi connectivity index (χ0v) is 12.1. The number of carbonyl (C=O) groups is 4. The molecule has 122 valence electrons. The first-order valence-corrected chi connectivity index (χ1v) is 7.55. The van der Waals surface area contributed by atoms with Gasteiger partial charge in [-0.1, -0.05) is 12.2 Å². The van der Waals surface area contributed by atoms with Crippen LogP contribution in [0.4, 0.5) is 0 Å². The van der Waals surface area contributed by atoms with Crippen LogP contribution in [0.5, 0.6) is 0 Å². The van der Waals surface area contributed by atoms with Gasteiger partial charge in [-0.15, -0.1) is 0 Å². The van der Waals surface area contributed by atoms with Crippen molar-refractivity contribution in [1.29, 1.82) is 0 Å². The fraction of sp³-hybridized carbons (Fsp3) is 0.571. The minimum atomic E-state index is -0.643. The van der Waals surface area contributed by atoms with Crippen molar-refractivity contribution in [2.75, 3.05) is 0 Å². The molecule has 0 aromatic rings. The predicted octanol–water partition coefficient (Wildman–Crippen LogP) is -2.85. The summed E-state index contributed by atoms with van der Waals surface area (Å²) < 4.78 is 0. The molecule has 0 spiro atoms. The summed E-state index contributed by atoms with van der Waals surface area (Å²) >= 11 is 0. The third-order valence-corrected chi connectivity index (χ3v) is 6.06. The van der Waals surface area contributed by atoms with Crippen LogP contribution in [0.15, 0.2) is 12.2 Å². The van der Waals surface area contributed by atoms with Gasteiger partial charge in [-0.25, -0.2) is 11.7 Å². The number of amides is 4. The monoisotopic (exact) mass is 319 g/mol. The van der Waals surface area contributed by atoms with Gasteiger partial charge in [-0.05, 0) is 23.7 Å². The van der Waals surface area contributed by atoms with Gasteiger partial charge in [0, 0.05) is 0 Å². The molecule has 2 bridgehead atoms. The summed E-state index contributed by atoms with van der Waals surface area (Å²) in [6.07, 6.45) is 3.80. The van der Waals surface area contributed by atoms with Crippen molar-refractivity contribution in [1.82, 2.24) is 16.2 Å². The SMILES string of the molecule is NNC(=O)C1C(C(=O)NN)C2C3C=CC(C4C(=O)NC(=O)C34)C12. The number of allylic oxidation sites excluding steroid dienone is 2. The van der Waals surface area contributed by atoms with E-state index in [4.69, 9.17) is 11.7 Å². The quantitative estimate of drug-likeness (QED) is 0.121. The van der Waals surface area contributed by atoms with Crippen molar-refractivity contribution in [2.24, 2.45) is 59.0 Å². The van der Waals surface area contributed by atoms with Crippen molar-refractivity contribution in [3.05, 3.63) is 12.2 Å². The minimum absolute atomic E-state index is 0.186. The lowest BCUT2D eigenvalue weighted by Crippen LogP contribution is -2.69. The van der Waals surface area contributed by atoms with Crippen molar-refractivity contribution in [3.8, 4) is 0 Å². The number of rotatable bonds is 2. The summed E-state index contributed by atoms with van der Waals surface area (Å²) in [5, 5.41) is 2.38. The van der Waals surface area contributed by atoms with Crippen LogP contribution in [0.1, 0.15) is 0 Å². The highest BCUT2D eigenvalue weighted by Crippen LogP contribution is 2.65. The van der Waals surface area contributed by atoms with Crippen LogP contribution >= 0.6 is 0 Å². The van der Waals surface area contributed by atoms with Crippen LogP contribution < -0.4 is 27.9 Å². The Balaban J connectivity index is 1.76. The van der Waals surface area contributed by atoms with E-state index in [0.717, 1.165) is 0 Å². The van der Waals surface area contributed by atoms with Gasteiger partial charge in [-0.2, -0.15) is 0 Å². The van der Waals surface area contributed by atoms with Crippen molar-refractivity contribution in [3.63, 3.8) is 0 Å². The van der Waals surface area contributed by atoms with Gasteiger partial charge in [0.05, 0.1) is 23.7 Å². The van der Waals surface area contributed by atoms with Crippen molar-refractivity contribution in [2.45, 2.75) is 0 Å². The van der Waals surface area contributed by atoms with Crippen LogP contribution in [-0.2, 0) is 19.2 Å². The maximum Gasteiger partial charge on any atom is 0.238 e. The molecule has 0 aromatic carbocycles. The molecule has 9 heteroatoms. The van der Waals surface area contributed by atoms with Crippen molar-refractivity contribution >= 4 is 23.6 Å². The van der Waals surface area contributed by atoms with Gasteiger partial charge in [-0.3, -0.25) is 35.3 Å². The predicted molar refractivity (Wildman–Crippen MR) is 74.9 cm³/mol. The van der Waals surface area contributed by atoms with Gasteiger partial charge in [0.2, 0.25) is 23.6 Å². The molecule has 5 rings (SSSR count). The summed E-state index contributed by atoms with van der Waals surface area (Å²) in [6.45, 7) is 0. The lowest BCUT2D eigenvalue weighted by atomic mass is 9.39. The second-order valence-corrected chi connectivity index (χ2v) is 6.67. The Hall–Kier alpha value is -2.26. The van der Waals surface area contributed by atoms with E-state index in [1.807, 2.05) is 12.2 Å². The largest absolute Gasteiger partial charge is 0.296 e. The van der Waals surface area contributed by atoms with Crippen LogP contribution in [-0.4, -0.2) is 23.6 Å². The Morgan fingerprint density at radius 3 is 1.61 bits per heavy atom. The number of imide groups is 1. The molecule has 23 heavy (non-hydrogen) atoms. The zero-order chi connectivity index (χ0) is 16.5. The molecule has 5 aliphatic rings. The summed E-state index contributed by atoms with van der Waals surface area (Å²) in [7, 11) is 0. The molecule has 4 amide bonds. The molecule has 0 radical (unpaired) electrons. The van der Waals surface area contributed by atoms with E-state index in [2.05, 4.69) is 16.2 Å². The Kier molecular flexibility index (Phi) is 2.88. The molecule has 1 saturated heterocycles. The molecule has 1 aliphatic heterocycles. The Bertz CT molecular complexity index is 608. The minimum Gasteiger partial charge on any atom is -0.296 e. The topological polar surface area (TPSA) is 156 Å². The summed E-state index contributed by atoms with van der Waals surface area (Å²) in [4.78, 5) is 48.5. The van der Waals surface area contributed by atoms with E-state index in [1.165, 1.54) is 0 Å². The van der Waals surface area contributed by atoms with Gasteiger partial charge in [0.25, 0.3) is 0 Å². The number of hydrazine groups is 2. The molecule has 0 aromatic heterocycles. The third kappa shape index (κ3) is 1.58. The Morgan fingerprint density at radius 1 is 0.870 bits per heavy atom. The molecule has 7 N–H and O–H groups in total. The summed E-state index contributed by atoms with van der Waals surface area (Å²) in [5.74, 6) is 5.95. The maximum absolute atomic E-state index is 12.1. The standard InChI is InChI=1S/C14H17N5O4/c15-18-13(22)9-5-3-1-2-4(6(5)10(9)14(23)19-16)8-7(3)11(20)17-12(8)21/h1-10H,15-16H2,(H,18,22)(H,19,23)(H,17,20,21). The molecule has 9 nitrogen and oxygen atoms in total. The molecule has 8 unspecified atom stereocenters. The second kappa shape index (κ2) is 4.62. The van der Waals surface area contributed by atoms with Gasteiger partial charge in [0.15, 0.2) is 0 Å². The number of nitrogens with two attached hydrogens (primary N) is 2. The van der Waals surface area contributed by atoms with Crippen LogP contribution in [0.25, 0.3) is 0 Å². The number of hydrogen-bond acceptors (Lipinski definition) is 6. The van der Waals surface area contributed by atoms with E-state index in [9.17, 15) is 19.2 Å². The van der Waals surface area contributed by atoms with E-state index < -0.39 is 35.5 Å². The summed E-state index contributed by atoms with van der Waals surface area (Å²) in [5.41, 5.74) is 4.19. The fourth-order valence-corrected chi connectivity index (χ4v) is 5.35. The lowest BCUT2D eigenvalue weighted by molar-refractivity contribution is -0.180. The highest BCUT2D eigenvalue weighted by molar-refractivity contribution is 6.06. The summed E-state index contributed by atoms with van der Waals surface area (Å²) in [6, 6.07) is 0. The average molecular weight is 319 g/mol.